The van der Waals surface area contributed by atoms with Crippen molar-refractivity contribution in [3.63, 3.8) is 0 Å². The van der Waals surface area contributed by atoms with Crippen LogP contribution in [0.3, 0.4) is 0 Å². The van der Waals surface area contributed by atoms with Crippen molar-refractivity contribution in [3.05, 3.63) is 23.8 Å². The van der Waals surface area contributed by atoms with Crippen molar-refractivity contribution in [2.24, 2.45) is 0 Å². The Morgan fingerprint density at radius 1 is 1.53 bits per heavy atom. The fourth-order valence-corrected chi connectivity index (χ4v) is 2.51. The minimum Gasteiger partial charge on any atom is -0.399 e. The zero-order valence-electron chi connectivity index (χ0n) is 9.73. The first kappa shape index (κ1) is 12.1. The Hall–Kier alpha value is -1.36. The molecule has 1 unspecified atom stereocenters. The first-order chi connectivity index (χ1) is 8.06. The molecule has 1 aliphatic carbocycles. The van der Waals surface area contributed by atoms with Crippen LogP contribution in [0, 0.1) is 6.92 Å². The molecule has 0 aliphatic heterocycles. The number of hydrogen-bond acceptors (Lipinski definition) is 3. The Labute approximate surface area is 103 Å². The molecule has 17 heavy (non-hydrogen) atoms. The standard InChI is InChI=1S/C12H16N2O2S/c1-8-6-10(4-5-11(8)13)17(16)7-12(15)14-9-2-3-9/h4-6,9H,2-3,7,13H2,1H3,(H,14,15). The molecule has 1 aliphatic rings. The molecule has 1 fully saturated rings. The van der Waals surface area contributed by atoms with Crippen molar-refractivity contribution >= 4 is 22.4 Å². The fraction of sp³-hybridized carbons (Fsp3) is 0.417. The van der Waals surface area contributed by atoms with Crippen LogP contribution in [0.2, 0.25) is 0 Å². The molecule has 0 bridgehead atoms. The van der Waals surface area contributed by atoms with E-state index in [-0.39, 0.29) is 11.7 Å². The SMILES string of the molecule is Cc1cc(S(=O)CC(=O)NC2CC2)ccc1N. The third kappa shape index (κ3) is 3.30. The van der Waals surface area contributed by atoms with Crippen molar-refractivity contribution in [2.75, 3.05) is 11.5 Å². The van der Waals surface area contributed by atoms with Gasteiger partial charge in [-0.15, -0.1) is 0 Å². The summed E-state index contributed by atoms with van der Waals surface area (Å²) in [6, 6.07) is 5.52. The molecule has 5 heteroatoms. The first-order valence-electron chi connectivity index (χ1n) is 5.60. The summed E-state index contributed by atoms with van der Waals surface area (Å²) in [5, 5.41) is 2.82. The quantitative estimate of drug-likeness (QED) is 0.784. The first-order valence-corrected chi connectivity index (χ1v) is 6.92. The predicted octanol–water partition coefficient (Wildman–Crippen LogP) is 0.963. The lowest BCUT2D eigenvalue weighted by atomic mass is 10.2. The lowest BCUT2D eigenvalue weighted by Crippen LogP contribution is -2.30. The molecule has 0 heterocycles. The number of nitrogens with two attached hydrogens (primary N) is 1. The van der Waals surface area contributed by atoms with E-state index in [1.165, 1.54) is 0 Å². The Morgan fingerprint density at radius 2 is 2.24 bits per heavy atom. The monoisotopic (exact) mass is 252 g/mol. The van der Waals surface area contributed by atoms with Gasteiger partial charge in [0.25, 0.3) is 0 Å². The van der Waals surface area contributed by atoms with Gasteiger partial charge in [-0.1, -0.05) is 0 Å². The fourth-order valence-electron chi connectivity index (χ4n) is 1.49. The number of nitrogen functional groups attached to an aromatic ring is 1. The normalized spacial score (nSPS) is 16.5. The van der Waals surface area contributed by atoms with Gasteiger partial charge in [-0.25, -0.2) is 0 Å². The highest BCUT2D eigenvalue weighted by atomic mass is 32.2. The minimum absolute atomic E-state index is 0.0276. The second-order valence-corrected chi connectivity index (χ2v) is 5.80. The summed E-state index contributed by atoms with van der Waals surface area (Å²) in [5.41, 5.74) is 7.25. The molecule has 0 spiro atoms. The van der Waals surface area contributed by atoms with Crippen molar-refractivity contribution in [1.29, 1.82) is 0 Å². The van der Waals surface area contributed by atoms with Gasteiger partial charge in [0, 0.05) is 16.6 Å². The van der Waals surface area contributed by atoms with Gasteiger partial charge in [0.05, 0.1) is 10.8 Å². The second kappa shape index (κ2) is 4.87. The summed E-state index contributed by atoms with van der Waals surface area (Å²) in [4.78, 5) is 12.2. The summed E-state index contributed by atoms with van der Waals surface area (Å²) in [5.74, 6) is -0.111. The largest absolute Gasteiger partial charge is 0.399 e. The van der Waals surface area contributed by atoms with Gasteiger partial charge in [-0.05, 0) is 43.5 Å². The topological polar surface area (TPSA) is 72.2 Å². The number of anilines is 1. The van der Waals surface area contributed by atoms with Gasteiger partial charge >= 0.3 is 0 Å². The van der Waals surface area contributed by atoms with Gasteiger partial charge in [0.2, 0.25) is 5.91 Å². The van der Waals surface area contributed by atoms with Crippen molar-refractivity contribution in [3.8, 4) is 0 Å². The van der Waals surface area contributed by atoms with Crippen molar-refractivity contribution in [1.82, 2.24) is 5.32 Å². The van der Waals surface area contributed by atoms with E-state index in [2.05, 4.69) is 5.32 Å². The molecular weight excluding hydrogens is 236 g/mol. The maximum atomic E-state index is 11.9. The van der Waals surface area contributed by atoms with E-state index in [9.17, 15) is 9.00 Å². The van der Waals surface area contributed by atoms with E-state index in [0.29, 0.717) is 16.6 Å². The summed E-state index contributed by atoms with van der Waals surface area (Å²) < 4.78 is 11.9. The zero-order valence-corrected chi connectivity index (χ0v) is 10.5. The molecule has 0 radical (unpaired) electrons. The number of carbonyl (C=O) groups excluding carboxylic acids is 1. The van der Waals surface area contributed by atoms with Gasteiger partial charge in [0.15, 0.2) is 0 Å². The Bertz CT molecular complexity index is 470. The Morgan fingerprint density at radius 3 is 2.82 bits per heavy atom. The van der Waals surface area contributed by atoms with Gasteiger partial charge < -0.3 is 11.1 Å². The molecule has 1 aromatic carbocycles. The van der Waals surface area contributed by atoms with Crippen molar-refractivity contribution < 1.29 is 9.00 Å². The number of carbonyl (C=O) groups is 1. The van der Waals surface area contributed by atoms with E-state index in [1.807, 2.05) is 6.92 Å². The predicted molar refractivity (Wildman–Crippen MR) is 68.0 cm³/mol. The van der Waals surface area contributed by atoms with Crippen LogP contribution in [0.1, 0.15) is 18.4 Å². The molecule has 1 atom stereocenters. The minimum atomic E-state index is -1.29. The Kier molecular flexibility index (Phi) is 3.47. The molecule has 1 saturated carbocycles. The average molecular weight is 252 g/mol. The Balaban J connectivity index is 1.98. The van der Waals surface area contributed by atoms with Crippen LogP contribution in [-0.4, -0.2) is 21.9 Å². The van der Waals surface area contributed by atoms with Crippen LogP contribution in [0.5, 0.6) is 0 Å². The third-order valence-electron chi connectivity index (χ3n) is 2.71. The van der Waals surface area contributed by atoms with Crippen LogP contribution in [0.25, 0.3) is 0 Å². The molecule has 0 saturated heterocycles. The van der Waals surface area contributed by atoms with Crippen LogP contribution >= 0.6 is 0 Å². The zero-order chi connectivity index (χ0) is 12.4. The smallest absolute Gasteiger partial charge is 0.233 e. The molecule has 1 aromatic rings. The highest BCUT2D eigenvalue weighted by molar-refractivity contribution is 7.85. The van der Waals surface area contributed by atoms with Crippen LogP contribution in [0.15, 0.2) is 23.1 Å². The summed E-state index contributed by atoms with van der Waals surface area (Å²) in [6.45, 7) is 1.86. The van der Waals surface area contributed by atoms with Gasteiger partial charge in [0.1, 0.15) is 5.75 Å². The summed E-state index contributed by atoms with van der Waals surface area (Å²) in [6.07, 6.45) is 2.08. The number of nitrogens with one attached hydrogen (secondary N) is 1. The van der Waals surface area contributed by atoms with Gasteiger partial charge in [-0.2, -0.15) is 0 Å². The number of amides is 1. The van der Waals surface area contributed by atoms with E-state index in [1.54, 1.807) is 18.2 Å². The maximum Gasteiger partial charge on any atom is 0.233 e. The molecule has 4 nitrogen and oxygen atoms in total. The summed E-state index contributed by atoms with van der Waals surface area (Å²) in [7, 11) is -1.29. The molecule has 2 rings (SSSR count). The third-order valence-corrected chi connectivity index (χ3v) is 4.01. The molecule has 92 valence electrons. The molecule has 1 amide bonds. The van der Waals surface area contributed by atoms with Crippen LogP contribution in [0.4, 0.5) is 5.69 Å². The molecular formula is C12H16N2O2S. The number of benzene rings is 1. The lowest BCUT2D eigenvalue weighted by molar-refractivity contribution is -0.118. The van der Waals surface area contributed by atoms with E-state index >= 15 is 0 Å². The van der Waals surface area contributed by atoms with Crippen LogP contribution < -0.4 is 11.1 Å². The van der Waals surface area contributed by atoms with E-state index < -0.39 is 10.8 Å². The van der Waals surface area contributed by atoms with Crippen LogP contribution in [-0.2, 0) is 15.6 Å². The highest BCUT2D eigenvalue weighted by Gasteiger charge is 2.24. The average Bonchev–Trinajstić information content (AvgIpc) is 3.05. The maximum absolute atomic E-state index is 11.9. The second-order valence-electron chi connectivity index (χ2n) is 4.35. The molecule has 0 aromatic heterocycles. The van der Waals surface area contributed by atoms with Crippen molar-refractivity contribution in [2.45, 2.75) is 30.7 Å². The summed E-state index contributed by atoms with van der Waals surface area (Å²) >= 11 is 0. The molecule has 3 N–H and O–H groups in total. The number of aryl methyl sites for hydroxylation is 1. The van der Waals surface area contributed by atoms with E-state index in [0.717, 1.165) is 18.4 Å². The lowest BCUT2D eigenvalue weighted by Gasteiger charge is -2.06. The number of hydrogen-bond donors (Lipinski definition) is 2. The highest BCUT2D eigenvalue weighted by Crippen LogP contribution is 2.19. The van der Waals surface area contributed by atoms with Gasteiger partial charge in [-0.3, -0.25) is 9.00 Å². The van der Waals surface area contributed by atoms with E-state index in [4.69, 9.17) is 5.73 Å². The number of rotatable bonds is 4.